The Bertz CT molecular complexity index is 597. The molecule has 1 aromatic heterocycles. The van der Waals surface area contributed by atoms with Gasteiger partial charge in [0.05, 0.1) is 0 Å². The van der Waals surface area contributed by atoms with Gasteiger partial charge in [0.15, 0.2) is 0 Å². The fourth-order valence-corrected chi connectivity index (χ4v) is 2.99. The van der Waals surface area contributed by atoms with Crippen molar-refractivity contribution < 1.29 is 4.79 Å². The van der Waals surface area contributed by atoms with Crippen molar-refractivity contribution in [3.63, 3.8) is 0 Å². The molecule has 1 aliphatic rings. The normalized spacial score (nSPS) is 22.9. The summed E-state index contributed by atoms with van der Waals surface area (Å²) in [6.45, 7) is 0. The van der Waals surface area contributed by atoms with Gasteiger partial charge in [0.2, 0.25) is 0 Å². The highest BCUT2D eigenvalue weighted by molar-refractivity contribution is 5.98. The standard InChI is InChI=1S/C16H21N3O/c1-17-13-3-5-14(6-4-13)19-16(20)12-2-7-15-11(10-12)8-9-18-15/h2,7-10,13-14,17-18H,3-6H2,1H3,(H,19,20). The van der Waals surface area contributed by atoms with Gasteiger partial charge in [0, 0.05) is 34.7 Å². The van der Waals surface area contributed by atoms with E-state index in [-0.39, 0.29) is 5.91 Å². The quantitative estimate of drug-likeness (QED) is 0.803. The predicted octanol–water partition coefficient (Wildman–Crippen LogP) is 2.43. The molecule has 1 heterocycles. The summed E-state index contributed by atoms with van der Waals surface area (Å²) in [5, 5.41) is 7.55. The Kier molecular flexibility index (Phi) is 3.74. The van der Waals surface area contributed by atoms with Crippen LogP contribution in [0.3, 0.4) is 0 Å². The van der Waals surface area contributed by atoms with Crippen LogP contribution in [0, 0.1) is 0 Å². The summed E-state index contributed by atoms with van der Waals surface area (Å²) in [7, 11) is 2.01. The van der Waals surface area contributed by atoms with Crippen LogP contribution in [0.4, 0.5) is 0 Å². The van der Waals surface area contributed by atoms with Crippen molar-refractivity contribution in [2.75, 3.05) is 7.05 Å². The van der Waals surface area contributed by atoms with E-state index in [2.05, 4.69) is 15.6 Å². The van der Waals surface area contributed by atoms with Gasteiger partial charge in [0.1, 0.15) is 0 Å². The highest BCUT2D eigenvalue weighted by atomic mass is 16.1. The fourth-order valence-electron chi connectivity index (χ4n) is 2.99. The van der Waals surface area contributed by atoms with E-state index >= 15 is 0 Å². The number of hydrogen-bond acceptors (Lipinski definition) is 2. The number of aromatic amines is 1. The molecule has 0 atom stereocenters. The molecule has 1 aliphatic carbocycles. The van der Waals surface area contributed by atoms with E-state index in [4.69, 9.17) is 0 Å². The molecule has 1 fully saturated rings. The molecule has 106 valence electrons. The van der Waals surface area contributed by atoms with Crippen LogP contribution in [0.2, 0.25) is 0 Å². The van der Waals surface area contributed by atoms with Gasteiger partial charge in [-0.1, -0.05) is 0 Å². The molecular formula is C16H21N3O. The second kappa shape index (κ2) is 5.67. The molecule has 1 aromatic carbocycles. The average Bonchev–Trinajstić information content (AvgIpc) is 2.95. The molecule has 1 saturated carbocycles. The fraction of sp³-hybridized carbons (Fsp3) is 0.438. The van der Waals surface area contributed by atoms with E-state index < -0.39 is 0 Å². The summed E-state index contributed by atoms with van der Waals surface area (Å²) >= 11 is 0. The molecule has 20 heavy (non-hydrogen) atoms. The lowest BCUT2D eigenvalue weighted by Gasteiger charge is -2.28. The summed E-state index contributed by atoms with van der Waals surface area (Å²) in [5.41, 5.74) is 1.81. The van der Waals surface area contributed by atoms with Crippen LogP contribution in [-0.2, 0) is 0 Å². The molecule has 0 radical (unpaired) electrons. The van der Waals surface area contributed by atoms with Gasteiger partial charge in [-0.15, -0.1) is 0 Å². The summed E-state index contributed by atoms with van der Waals surface area (Å²) in [6, 6.07) is 8.70. The van der Waals surface area contributed by atoms with Crippen LogP contribution in [-0.4, -0.2) is 30.0 Å². The second-order valence-electron chi connectivity index (χ2n) is 5.59. The topological polar surface area (TPSA) is 56.9 Å². The van der Waals surface area contributed by atoms with Crippen LogP contribution in [0.1, 0.15) is 36.0 Å². The molecule has 0 spiro atoms. The molecule has 0 unspecified atom stereocenters. The Morgan fingerprint density at radius 1 is 1.15 bits per heavy atom. The number of nitrogens with one attached hydrogen (secondary N) is 3. The monoisotopic (exact) mass is 271 g/mol. The van der Waals surface area contributed by atoms with Crippen molar-refractivity contribution >= 4 is 16.8 Å². The van der Waals surface area contributed by atoms with E-state index in [1.807, 2.05) is 37.5 Å². The van der Waals surface area contributed by atoms with Crippen LogP contribution in [0.25, 0.3) is 10.9 Å². The number of benzene rings is 1. The average molecular weight is 271 g/mol. The van der Waals surface area contributed by atoms with Crippen LogP contribution in [0.5, 0.6) is 0 Å². The van der Waals surface area contributed by atoms with E-state index in [9.17, 15) is 4.79 Å². The Labute approximate surface area is 118 Å². The first kappa shape index (κ1) is 13.2. The number of carbonyl (C=O) groups excluding carboxylic acids is 1. The zero-order valence-electron chi connectivity index (χ0n) is 11.8. The molecule has 0 bridgehead atoms. The molecule has 4 heteroatoms. The zero-order valence-corrected chi connectivity index (χ0v) is 11.8. The van der Waals surface area contributed by atoms with Crippen molar-refractivity contribution in [2.24, 2.45) is 0 Å². The van der Waals surface area contributed by atoms with E-state index in [1.165, 1.54) is 0 Å². The van der Waals surface area contributed by atoms with Crippen LogP contribution in [0.15, 0.2) is 30.5 Å². The number of fused-ring (bicyclic) bond motifs is 1. The Balaban J connectivity index is 1.64. The summed E-state index contributed by atoms with van der Waals surface area (Å²) in [5.74, 6) is 0.0426. The maximum atomic E-state index is 12.3. The van der Waals surface area contributed by atoms with Crippen LogP contribution >= 0.6 is 0 Å². The maximum absolute atomic E-state index is 12.3. The molecule has 1 amide bonds. The highest BCUT2D eigenvalue weighted by Gasteiger charge is 2.21. The predicted molar refractivity (Wildman–Crippen MR) is 80.9 cm³/mol. The first-order valence-electron chi connectivity index (χ1n) is 7.31. The van der Waals surface area contributed by atoms with Gasteiger partial charge < -0.3 is 15.6 Å². The summed E-state index contributed by atoms with van der Waals surface area (Å²) in [6.07, 6.45) is 6.29. The number of hydrogen-bond donors (Lipinski definition) is 3. The van der Waals surface area contributed by atoms with E-state index in [0.29, 0.717) is 12.1 Å². The molecule has 2 aromatic rings. The van der Waals surface area contributed by atoms with Gasteiger partial charge in [-0.3, -0.25) is 4.79 Å². The molecule has 0 aliphatic heterocycles. The molecule has 0 saturated heterocycles. The lowest BCUT2D eigenvalue weighted by Crippen LogP contribution is -2.41. The lowest BCUT2D eigenvalue weighted by molar-refractivity contribution is 0.0925. The number of H-pyrrole nitrogens is 1. The maximum Gasteiger partial charge on any atom is 0.251 e. The Hall–Kier alpha value is -1.81. The Morgan fingerprint density at radius 2 is 1.90 bits per heavy atom. The molecule has 4 nitrogen and oxygen atoms in total. The highest BCUT2D eigenvalue weighted by Crippen LogP contribution is 2.19. The largest absolute Gasteiger partial charge is 0.361 e. The van der Waals surface area contributed by atoms with Crippen molar-refractivity contribution in [1.82, 2.24) is 15.6 Å². The minimum atomic E-state index is 0.0426. The minimum Gasteiger partial charge on any atom is -0.361 e. The third-order valence-electron chi connectivity index (χ3n) is 4.29. The lowest BCUT2D eigenvalue weighted by atomic mass is 9.91. The Morgan fingerprint density at radius 3 is 2.65 bits per heavy atom. The van der Waals surface area contributed by atoms with Crippen LogP contribution < -0.4 is 10.6 Å². The van der Waals surface area contributed by atoms with E-state index in [0.717, 1.165) is 42.1 Å². The third kappa shape index (κ3) is 2.70. The van der Waals surface area contributed by atoms with Crippen molar-refractivity contribution in [2.45, 2.75) is 37.8 Å². The number of carbonyl (C=O) groups is 1. The number of amides is 1. The SMILES string of the molecule is CNC1CCC(NC(=O)c2ccc3[nH]ccc3c2)CC1. The summed E-state index contributed by atoms with van der Waals surface area (Å²) in [4.78, 5) is 15.4. The first-order chi connectivity index (χ1) is 9.76. The van der Waals surface area contributed by atoms with E-state index in [1.54, 1.807) is 0 Å². The molecular weight excluding hydrogens is 250 g/mol. The first-order valence-corrected chi connectivity index (χ1v) is 7.31. The van der Waals surface area contributed by atoms with Gasteiger partial charge in [-0.25, -0.2) is 0 Å². The third-order valence-corrected chi connectivity index (χ3v) is 4.29. The smallest absolute Gasteiger partial charge is 0.251 e. The molecule has 3 rings (SSSR count). The van der Waals surface area contributed by atoms with Gasteiger partial charge >= 0.3 is 0 Å². The minimum absolute atomic E-state index is 0.0426. The zero-order chi connectivity index (χ0) is 13.9. The van der Waals surface area contributed by atoms with Gasteiger partial charge in [-0.05, 0) is 57.0 Å². The van der Waals surface area contributed by atoms with Gasteiger partial charge in [0.25, 0.3) is 5.91 Å². The van der Waals surface area contributed by atoms with Gasteiger partial charge in [-0.2, -0.15) is 0 Å². The second-order valence-corrected chi connectivity index (χ2v) is 5.59. The summed E-state index contributed by atoms with van der Waals surface area (Å²) < 4.78 is 0. The molecule has 3 N–H and O–H groups in total. The number of aromatic nitrogens is 1. The van der Waals surface area contributed by atoms with Crippen molar-refractivity contribution in [3.8, 4) is 0 Å². The number of rotatable bonds is 3. The van der Waals surface area contributed by atoms with Crippen molar-refractivity contribution in [1.29, 1.82) is 0 Å². The van der Waals surface area contributed by atoms with Crippen molar-refractivity contribution in [3.05, 3.63) is 36.0 Å².